The van der Waals surface area contributed by atoms with E-state index in [1.54, 1.807) is 30.6 Å². The van der Waals surface area contributed by atoms with Gasteiger partial charge in [0.15, 0.2) is 0 Å². The van der Waals surface area contributed by atoms with E-state index in [0.717, 1.165) is 5.56 Å². The highest BCUT2D eigenvalue weighted by Gasteiger charge is 2.10. The van der Waals surface area contributed by atoms with Crippen molar-refractivity contribution in [2.45, 2.75) is 26.9 Å². The Morgan fingerprint density at radius 1 is 1.29 bits per heavy atom. The quantitative estimate of drug-likeness (QED) is 0.846. The Kier molecular flexibility index (Phi) is 4.42. The van der Waals surface area contributed by atoms with E-state index in [9.17, 15) is 4.79 Å². The number of aryl methyl sites for hydroxylation is 1. The molecule has 0 saturated carbocycles. The average Bonchev–Trinajstić information content (AvgIpc) is 2.41. The number of amides is 1. The minimum atomic E-state index is -0.219. The summed E-state index contributed by atoms with van der Waals surface area (Å²) in [5.74, 6) is 0.399. The maximum absolute atomic E-state index is 12.3. The number of hydrogen-bond donors (Lipinski definition) is 2. The number of nitrogen functional groups attached to an aromatic ring is 1. The minimum absolute atomic E-state index is 0.0499. The molecular weight excluding hydrogens is 266 g/mol. The Labute approximate surface area is 124 Å². The first-order valence-electron chi connectivity index (χ1n) is 6.75. The number of carbonyl (C=O) groups excluding carboxylic acids is 1. The molecule has 110 valence electrons. The number of pyridine rings is 1. The van der Waals surface area contributed by atoms with Gasteiger partial charge in [-0.2, -0.15) is 0 Å². The van der Waals surface area contributed by atoms with Crippen LogP contribution in [0.3, 0.4) is 0 Å². The maximum atomic E-state index is 12.3. The van der Waals surface area contributed by atoms with Crippen LogP contribution in [0.2, 0.25) is 0 Å². The third-order valence-electron chi connectivity index (χ3n) is 2.85. The first-order valence-corrected chi connectivity index (χ1v) is 6.75. The summed E-state index contributed by atoms with van der Waals surface area (Å²) in [4.78, 5) is 16.3. The molecule has 0 spiro atoms. The van der Waals surface area contributed by atoms with Gasteiger partial charge in [-0.05, 0) is 38.5 Å². The fourth-order valence-electron chi connectivity index (χ4n) is 1.91. The maximum Gasteiger partial charge on any atom is 0.256 e. The fourth-order valence-corrected chi connectivity index (χ4v) is 1.91. The normalized spacial score (nSPS) is 10.5. The predicted molar refractivity (Wildman–Crippen MR) is 83.5 cm³/mol. The highest BCUT2D eigenvalue weighted by molar-refractivity contribution is 6.05. The number of carbonyl (C=O) groups is 1. The molecule has 21 heavy (non-hydrogen) atoms. The Bertz CT molecular complexity index is 654. The summed E-state index contributed by atoms with van der Waals surface area (Å²) in [6, 6.07) is 6.99. The van der Waals surface area contributed by atoms with Gasteiger partial charge in [-0.15, -0.1) is 0 Å². The van der Waals surface area contributed by atoms with Crippen LogP contribution < -0.4 is 15.8 Å². The largest absolute Gasteiger partial charge is 0.489 e. The SMILES string of the molecule is Cc1ccc(N)cc1C(=O)Nc1cncc(OC(C)C)c1. The molecule has 3 N–H and O–H groups in total. The number of ether oxygens (including phenoxy) is 1. The minimum Gasteiger partial charge on any atom is -0.489 e. The van der Waals surface area contributed by atoms with Gasteiger partial charge in [0.05, 0.1) is 24.2 Å². The van der Waals surface area contributed by atoms with Gasteiger partial charge in [-0.1, -0.05) is 6.07 Å². The van der Waals surface area contributed by atoms with E-state index in [1.165, 1.54) is 0 Å². The first-order chi connectivity index (χ1) is 9.95. The van der Waals surface area contributed by atoms with E-state index < -0.39 is 0 Å². The lowest BCUT2D eigenvalue weighted by Gasteiger charge is -2.11. The molecule has 0 atom stereocenters. The summed E-state index contributed by atoms with van der Waals surface area (Å²) in [5.41, 5.74) is 8.28. The van der Waals surface area contributed by atoms with Crippen LogP contribution in [0.1, 0.15) is 29.8 Å². The molecule has 0 fully saturated rings. The third-order valence-corrected chi connectivity index (χ3v) is 2.85. The van der Waals surface area contributed by atoms with Crippen LogP contribution in [0.25, 0.3) is 0 Å². The van der Waals surface area contributed by atoms with E-state index in [1.807, 2.05) is 26.8 Å². The second kappa shape index (κ2) is 6.26. The van der Waals surface area contributed by atoms with E-state index in [4.69, 9.17) is 10.5 Å². The molecule has 0 unspecified atom stereocenters. The first kappa shape index (κ1) is 14.8. The zero-order valence-electron chi connectivity index (χ0n) is 12.4. The predicted octanol–water partition coefficient (Wildman–Crippen LogP) is 3.01. The van der Waals surface area contributed by atoms with Crippen molar-refractivity contribution in [1.82, 2.24) is 4.98 Å². The molecule has 0 aliphatic carbocycles. The Morgan fingerprint density at radius 3 is 2.76 bits per heavy atom. The smallest absolute Gasteiger partial charge is 0.256 e. The summed E-state index contributed by atoms with van der Waals surface area (Å²) >= 11 is 0. The summed E-state index contributed by atoms with van der Waals surface area (Å²) in [7, 11) is 0. The van der Waals surface area contributed by atoms with Crippen molar-refractivity contribution < 1.29 is 9.53 Å². The molecule has 0 saturated heterocycles. The van der Waals surface area contributed by atoms with E-state index in [0.29, 0.717) is 22.7 Å². The molecule has 1 amide bonds. The summed E-state index contributed by atoms with van der Waals surface area (Å²) < 4.78 is 5.55. The second-order valence-corrected chi connectivity index (χ2v) is 5.10. The summed E-state index contributed by atoms with van der Waals surface area (Å²) in [6.07, 6.45) is 3.24. The van der Waals surface area contributed by atoms with Crippen molar-refractivity contribution in [2.75, 3.05) is 11.1 Å². The fraction of sp³-hybridized carbons (Fsp3) is 0.250. The molecular formula is C16H19N3O2. The van der Waals surface area contributed by atoms with Crippen molar-refractivity contribution in [3.8, 4) is 5.75 Å². The highest BCUT2D eigenvalue weighted by Crippen LogP contribution is 2.19. The molecule has 0 aliphatic rings. The number of hydrogen-bond acceptors (Lipinski definition) is 4. The zero-order valence-corrected chi connectivity index (χ0v) is 12.4. The van der Waals surface area contributed by atoms with Gasteiger partial charge in [0.2, 0.25) is 0 Å². The standard InChI is InChI=1S/C16H19N3O2/c1-10(2)21-14-7-13(8-18-9-14)19-16(20)15-6-12(17)5-4-11(15)3/h4-10H,17H2,1-3H3,(H,19,20). The van der Waals surface area contributed by atoms with Gasteiger partial charge in [0, 0.05) is 17.3 Å². The van der Waals surface area contributed by atoms with Crippen molar-refractivity contribution in [2.24, 2.45) is 0 Å². The zero-order chi connectivity index (χ0) is 15.4. The molecule has 0 bridgehead atoms. The molecule has 5 nitrogen and oxygen atoms in total. The average molecular weight is 285 g/mol. The van der Waals surface area contributed by atoms with Crippen LogP contribution in [0.4, 0.5) is 11.4 Å². The van der Waals surface area contributed by atoms with E-state index in [2.05, 4.69) is 10.3 Å². The lowest BCUT2D eigenvalue weighted by Crippen LogP contribution is -2.14. The van der Waals surface area contributed by atoms with E-state index >= 15 is 0 Å². The molecule has 1 aromatic heterocycles. The third kappa shape index (κ3) is 3.95. The lowest BCUT2D eigenvalue weighted by molar-refractivity contribution is 0.102. The van der Waals surface area contributed by atoms with Crippen LogP contribution in [0, 0.1) is 6.92 Å². The number of nitrogens with two attached hydrogens (primary N) is 1. The van der Waals surface area contributed by atoms with Gasteiger partial charge in [0.1, 0.15) is 5.75 Å². The lowest BCUT2D eigenvalue weighted by atomic mass is 10.1. The summed E-state index contributed by atoms with van der Waals surface area (Å²) in [6.45, 7) is 5.73. The molecule has 0 aliphatic heterocycles. The number of benzene rings is 1. The molecule has 1 heterocycles. The Hall–Kier alpha value is -2.56. The van der Waals surface area contributed by atoms with Gasteiger partial charge in [-0.3, -0.25) is 9.78 Å². The molecule has 1 aromatic carbocycles. The van der Waals surface area contributed by atoms with Crippen LogP contribution in [0.5, 0.6) is 5.75 Å². The van der Waals surface area contributed by atoms with Crippen molar-refractivity contribution in [3.05, 3.63) is 47.8 Å². The molecule has 5 heteroatoms. The number of rotatable bonds is 4. The van der Waals surface area contributed by atoms with Crippen molar-refractivity contribution >= 4 is 17.3 Å². The van der Waals surface area contributed by atoms with Gasteiger partial charge in [-0.25, -0.2) is 0 Å². The van der Waals surface area contributed by atoms with Crippen LogP contribution >= 0.6 is 0 Å². The van der Waals surface area contributed by atoms with Gasteiger partial charge >= 0.3 is 0 Å². The van der Waals surface area contributed by atoms with Crippen LogP contribution in [-0.4, -0.2) is 17.0 Å². The van der Waals surface area contributed by atoms with Gasteiger partial charge < -0.3 is 15.8 Å². The number of aromatic nitrogens is 1. The topological polar surface area (TPSA) is 77.2 Å². The van der Waals surface area contributed by atoms with Crippen LogP contribution in [-0.2, 0) is 0 Å². The number of anilines is 2. The Morgan fingerprint density at radius 2 is 2.05 bits per heavy atom. The monoisotopic (exact) mass is 285 g/mol. The molecule has 2 aromatic rings. The van der Waals surface area contributed by atoms with E-state index in [-0.39, 0.29) is 12.0 Å². The molecule has 0 radical (unpaired) electrons. The second-order valence-electron chi connectivity index (χ2n) is 5.10. The molecule has 2 rings (SSSR count). The van der Waals surface area contributed by atoms with Gasteiger partial charge in [0.25, 0.3) is 5.91 Å². The van der Waals surface area contributed by atoms with Crippen molar-refractivity contribution in [1.29, 1.82) is 0 Å². The highest BCUT2D eigenvalue weighted by atomic mass is 16.5. The van der Waals surface area contributed by atoms with Crippen molar-refractivity contribution in [3.63, 3.8) is 0 Å². The summed E-state index contributed by atoms with van der Waals surface area (Å²) in [5, 5.41) is 2.80. The number of nitrogens with one attached hydrogen (secondary N) is 1. The Balaban J connectivity index is 2.17. The van der Waals surface area contributed by atoms with Crippen LogP contribution in [0.15, 0.2) is 36.7 Å². The number of nitrogens with zero attached hydrogens (tertiary/aromatic N) is 1.